The van der Waals surface area contributed by atoms with Crippen molar-refractivity contribution in [2.24, 2.45) is 5.41 Å². The number of hydrogen-bond donors (Lipinski definition) is 0. The Morgan fingerprint density at radius 1 is 0.947 bits per heavy atom. The Labute approximate surface area is 120 Å². The molecule has 2 aromatic carbocycles. The van der Waals surface area contributed by atoms with Gasteiger partial charge in [0.1, 0.15) is 0 Å². The van der Waals surface area contributed by atoms with Crippen LogP contribution in [0.15, 0.2) is 42.5 Å². The van der Waals surface area contributed by atoms with Crippen molar-refractivity contribution in [3.8, 4) is 0 Å². The van der Waals surface area contributed by atoms with Gasteiger partial charge in [-0.05, 0) is 34.6 Å². The molecule has 0 N–H and O–H groups in total. The van der Waals surface area contributed by atoms with Crippen LogP contribution in [0.25, 0.3) is 10.8 Å². The summed E-state index contributed by atoms with van der Waals surface area (Å²) in [6.45, 7) is 2.37. The zero-order valence-electron chi connectivity index (χ0n) is 11.5. The zero-order chi connectivity index (χ0) is 13.3. The van der Waals surface area contributed by atoms with Crippen LogP contribution in [-0.2, 0) is 0 Å². The fourth-order valence-electron chi connectivity index (χ4n) is 3.46. The van der Waals surface area contributed by atoms with Crippen LogP contribution in [0.4, 0.5) is 0 Å². The molecule has 0 amide bonds. The van der Waals surface area contributed by atoms with Gasteiger partial charge in [-0.15, -0.1) is 11.6 Å². The van der Waals surface area contributed by atoms with Gasteiger partial charge in [0, 0.05) is 0 Å². The average Bonchev–Trinajstić information content (AvgIpc) is 2.47. The summed E-state index contributed by atoms with van der Waals surface area (Å²) in [6.07, 6.45) is 6.53. The predicted molar refractivity (Wildman–Crippen MR) is 83.7 cm³/mol. The van der Waals surface area contributed by atoms with Crippen LogP contribution < -0.4 is 0 Å². The van der Waals surface area contributed by atoms with E-state index in [9.17, 15) is 0 Å². The standard InChI is InChI=1S/C18H21Cl/c1-18(12-5-2-6-13-18)17(19)16-11-7-9-14-8-3-4-10-15(14)16/h3-4,7-11,17H,2,5-6,12-13H2,1H3. The second kappa shape index (κ2) is 5.17. The van der Waals surface area contributed by atoms with Crippen molar-refractivity contribution >= 4 is 22.4 Å². The quantitative estimate of drug-likeness (QED) is 0.580. The van der Waals surface area contributed by atoms with Gasteiger partial charge in [-0.2, -0.15) is 0 Å². The molecule has 1 aliphatic carbocycles. The van der Waals surface area contributed by atoms with Gasteiger partial charge in [0.05, 0.1) is 5.38 Å². The molecule has 1 fully saturated rings. The van der Waals surface area contributed by atoms with Crippen molar-refractivity contribution in [2.45, 2.75) is 44.4 Å². The van der Waals surface area contributed by atoms with Gasteiger partial charge in [-0.3, -0.25) is 0 Å². The molecule has 0 saturated heterocycles. The highest BCUT2D eigenvalue weighted by Crippen LogP contribution is 2.50. The van der Waals surface area contributed by atoms with E-state index in [1.807, 2.05) is 0 Å². The maximum Gasteiger partial charge on any atom is 0.0644 e. The Bertz CT molecular complexity index is 561. The summed E-state index contributed by atoms with van der Waals surface area (Å²) in [5.74, 6) is 0. The van der Waals surface area contributed by atoms with Gasteiger partial charge in [-0.25, -0.2) is 0 Å². The van der Waals surface area contributed by atoms with E-state index in [4.69, 9.17) is 11.6 Å². The van der Waals surface area contributed by atoms with Gasteiger partial charge >= 0.3 is 0 Å². The first-order valence-electron chi connectivity index (χ1n) is 7.32. The maximum absolute atomic E-state index is 6.91. The summed E-state index contributed by atoms with van der Waals surface area (Å²) >= 11 is 6.91. The molecule has 1 aliphatic rings. The lowest BCUT2D eigenvalue weighted by atomic mass is 9.71. The molecule has 0 aromatic heterocycles. The first-order chi connectivity index (χ1) is 9.21. The van der Waals surface area contributed by atoms with Gasteiger partial charge in [0.25, 0.3) is 0 Å². The molecule has 0 nitrogen and oxygen atoms in total. The molecule has 1 unspecified atom stereocenters. The molecule has 0 radical (unpaired) electrons. The van der Waals surface area contributed by atoms with Gasteiger partial charge in [0.15, 0.2) is 0 Å². The van der Waals surface area contributed by atoms with E-state index >= 15 is 0 Å². The van der Waals surface area contributed by atoms with Crippen molar-refractivity contribution in [1.29, 1.82) is 0 Å². The predicted octanol–water partition coefficient (Wildman–Crippen LogP) is 6.09. The van der Waals surface area contributed by atoms with E-state index in [0.29, 0.717) is 0 Å². The summed E-state index contributed by atoms with van der Waals surface area (Å²) in [7, 11) is 0. The van der Waals surface area contributed by atoms with Crippen molar-refractivity contribution in [3.05, 3.63) is 48.0 Å². The third kappa shape index (κ3) is 2.39. The topological polar surface area (TPSA) is 0 Å². The molecule has 0 bridgehead atoms. The van der Waals surface area contributed by atoms with E-state index in [2.05, 4.69) is 49.4 Å². The summed E-state index contributed by atoms with van der Waals surface area (Å²) < 4.78 is 0. The number of fused-ring (bicyclic) bond motifs is 1. The molecule has 0 heterocycles. The Balaban J connectivity index is 2.03. The molecule has 1 heteroatoms. The lowest BCUT2D eigenvalue weighted by Gasteiger charge is -2.38. The summed E-state index contributed by atoms with van der Waals surface area (Å²) in [5.41, 5.74) is 1.56. The smallest absolute Gasteiger partial charge is 0.0644 e. The lowest BCUT2D eigenvalue weighted by molar-refractivity contribution is 0.207. The van der Waals surface area contributed by atoms with Crippen LogP contribution in [0.1, 0.15) is 50.0 Å². The minimum absolute atomic E-state index is 0.124. The van der Waals surface area contributed by atoms with Crippen LogP contribution in [0.2, 0.25) is 0 Å². The Hall–Kier alpha value is -1.01. The lowest BCUT2D eigenvalue weighted by Crippen LogP contribution is -2.25. The number of hydrogen-bond acceptors (Lipinski definition) is 0. The normalized spacial score (nSPS) is 20.3. The molecule has 1 atom stereocenters. The van der Waals surface area contributed by atoms with Gasteiger partial charge < -0.3 is 0 Å². The SMILES string of the molecule is CC1(C(Cl)c2cccc3ccccc23)CCCCC1. The second-order valence-electron chi connectivity index (χ2n) is 6.15. The average molecular weight is 273 g/mol. The largest absolute Gasteiger partial charge is 0.117 e. The van der Waals surface area contributed by atoms with Crippen LogP contribution in [0.5, 0.6) is 0 Å². The number of halogens is 1. The second-order valence-corrected chi connectivity index (χ2v) is 6.58. The Morgan fingerprint density at radius 2 is 1.63 bits per heavy atom. The highest BCUT2D eigenvalue weighted by Gasteiger charge is 2.35. The molecule has 2 aromatic rings. The first-order valence-corrected chi connectivity index (χ1v) is 7.76. The van der Waals surface area contributed by atoms with Crippen LogP contribution in [0.3, 0.4) is 0 Å². The van der Waals surface area contributed by atoms with Crippen molar-refractivity contribution < 1.29 is 0 Å². The summed E-state index contributed by atoms with van der Waals surface area (Å²) in [4.78, 5) is 0. The summed E-state index contributed by atoms with van der Waals surface area (Å²) in [6, 6.07) is 15.1. The fraction of sp³-hybridized carbons (Fsp3) is 0.444. The van der Waals surface area contributed by atoms with E-state index in [1.165, 1.54) is 48.4 Å². The van der Waals surface area contributed by atoms with Gasteiger partial charge in [0.2, 0.25) is 0 Å². The van der Waals surface area contributed by atoms with E-state index in [-0.39, 0.29) is 10.8 Å². The maximum atomic E-state index is 6.91. The molecule has 0 spiro atoms. The number of alkyl halides is 1. The van der Waals surface area contributed by atoms with E-state index in [0.717, 1.165) is 0 Å². The molecule has 0 aliphatic heterocycles. The number of benzene rings is 2. The monoisotopic (exact) mass is 272 g/mol. The summed E-state index contributed by atoms with van der Waals surface area (Å²) in [5, 5.41) is 2.74. The van der Waals surface area contributed by atoms with Crippen molar-refractivity contribution in [3.63, 3.8) is 0 Å². The van der Waals surface area contributed by atoms with Crippen LogP contribution in [-0.4, -0.2) is 0 Å². The number of rotatable bonds is 2. The molecular weight excluding hydrogens is 252 g/mol. The van der Waals surface area contributed by atoms with Crippen molar-refractivity contribution in [1.82, 2.24) is 0 Å². The van der Waals surface area contributed by atoms with Crippen LogP contribution >= 0.6 is 11.6 Å². The highest BCUT2D eigenvalue weighted by molar-refractivity contribution is 6.22. The Kier molecular flexibility index (Phi) is 3.54. The third-order valence-corrected chi connectivity index (χ3v) is 5.47. The van der Waals surface area contributed by atoms with Crippen LogP contribution in [0, 0.1) is 5.41 Å². The first kappa shape index (κ1) is 13.0. The van der Waals surface area contributed by atoms with Crippen molar-refractivity contribution in [2.75, 3.05) is 0 Å². The minimum Gasteiger partial charge on any atom is -0.117 e. The molecule has 1 saturated carbocycles. The zero-order valence-corrected chi connectivity index (χ0v) is 12.3. The minimum atomic E-state index is 0.124. The molecule has 3 rings (SSSR count). The third-order valence-electron chi connectivity index (χ3n) is 4.70. The Morgan fingerprint density at radius 3 is 2.42 bits per heavy atom. The molecular formula is C18H21Cl. The fourth-order valence-corrected chi connectivity index (χ4v) is 3.87. The highest BCUT2D eigenvalue weighted by atomic mass is 35.5. The van der Waals surface area contributed by atoms with E-state index in [1.54, 1.807) is 0 Å². The van der Waals surface area contributed by atoms with Gasteiger partial charge in [-0.1, -0.05) is 68.7 Å². The molecule has 100 valence electrons. The molecule has 19 heavy (non-hydrogen) atoms. The van der Waals surface area contributed by atoms with E-state index < -0.39 is 0 Å².